The summed E-state index contributed by atoms with van der Waals surface area (Å²) in [6.07, 6.45) is 1.63. The van der Waals surface area contributed by atoms with Crippen molar-refractivity contribution in [3.8, 4) is 0 Å². The first kappa shape index (κ1) is 8.63. The summed E-state index contributed by atoms with van der Waals surface area (Å²) in [6.45, 7) is 0. The van der Waals surface area contributed by atoms with Gasteiger partial charge in [0.15, 0.2) is 0 Å². The minimum atomic E-state index is 0. The molecule has 0 aliphatic rings. The van der Waals surface area contributed by atoms with E-state index in [9.17, 15) is 0 Å². The minimum absolute atomic E-state index is 0. The van der Waals surface area contributed by atoms with Gasteiger partial charge < -0.3 is 17.0 Å². The topological polar surface area (TPSA) is 13.1 Å². The maximum Gasteiger partial charge on any atom is 1.00 e. The van der Waals surface area contributed by atoms with Crippen LogP contribution in [0.3, 0.4) is 0 Å². The van der Waals surface area contributed by atoms with Gasteiger partial charge in [0.1, 0.15) is 0 Å². The van der Waals surface area contributed by atoms with Crippen molar-refractivity contribution in [2.45, 2.75) is 5.75 Å². The molecular formula is C5H5NaOS. The third kappa shape index (κ3) is 2.27. The van der Waals surface area contributed by atoms with Crippen molar-refractivity contribution in [2.75, 3.05) is 0 Å². The summed E-state index contributed by atoms with van der Waals surface area (Å²) >= 11 is 4.68. The van der Waals surface area contributed by atoms with Crippen LogP contribution in [0.25, 0.3) is 0 Å². The van der Waals surface area contributed by atoms with E-state index in [4.69, 9.17) is 4.42 Å². The third-order valence-corrected chi connectivity index (χ3v) is 1.01. The molecule has 1 aromatic rings. The van der Waals surface area contributed by atoms with E-state index in [1.54, 1.807) is 6.26 Å². The van der Waals surface area contributed by atoms with Crippen molar-refractivity contribution in [2.24, 2.45) is 0 Å². The molecule has 38 valence electrons. The van der Waals surface area contributed by atoms with Crippen LogP contribution < -0.4 is 29.6 Å². The smallest absolute Gasteiger partial charge is 0.785 e. The molecule has 1 aromatic heterocycles. The Hall–Kier alpha value is 0.630. The van der Waals surface area contributed by atoms with Gasteiger partial charge >= 0.3 is 29.6 Å². The fourth-order valence-corrected chi connectivity index (χ4v) is 0.559. The van der Waals surface area contributed by atoms with Gasteiger partial charge in [0.05, 0.1) is 12.0 Å². The Kier molecular flexibility index (Phi) is 4.86. The number of hydrogen-bond acceptors (Lipinski definition) is 2. The molecule has 1 rings (SSSR count). The molecule has 0 radical (unpaired) electrons. The summed E-state index contributed by atoms with van der Waals surface area (Å²) in [5.74, 6) is 1.45. The third-order valence-electron chi connectivity index (χ3n) is 0.722. The Labute approximate surface area is 76.2 Å². The van der Waals surface area contributed by atoms with Crippen LogP contribution in [0.15, 0.2) is 22.8 Å². The molecule has 0 aliphatic carbocycles. The van der Waals surface area contributed by atoms with Crippen LogP contribution in [0, 0.1) is 0 Å². The molecule has 0 fully saturated rings. The van der Waals surface area contributed by atoms with Crippen LogP contribution in [0.4, 0.5) is 0 Å². The molecule has 1 heterocycles. The second kappa shape index (κ2) is 4.50. The Morgan fingerprint density at radius 1 is 1.62 bits per heavy atom. The number of furan rings is 1. The Balaban J connectivity index is 0.000000490. The zero-order chi connectivity index (χ0) is 5.11. The Bertz CT molecular complexity index is 127. The summed E-state index contributed by atoms with van der Waals surface area (Å²) in [5, 5.41) is 0. The van der Waals surface area contributed by atoms with Crippen LogP contribution in [-0.2, 0) is 18.4 Å². The molecule has 0 saturated carbocycles. The molecule has 0 N–H and O–H groups in total. The van der Waals surface area contributed by atoms with Gasteiger partial charge in [-0.05, 0) is 12.1 Å². The van der Waals surface area contributed by atoms with Crippen LogP contribution in [0.5, 0.6) is 0 Å². The SMILES string of the molecule is [Na+].[S-]Cc1ccco1. The second-order valence-electron chi connectivity index (χ2n) is 1.22. The van der Waals surface area contributed by atoms with Crippen LogP contribution in [0.1, 0.15) is 5.76 Å². The Morgan fingerprint density at radius 2 is 2.38 bits per heavy atom. The molecule has 0 unspecified atom stereocenters. The molecule has 0 aliphatic heterocycles. The van der Waals surface area contributed by atoms with Crippen molar-refractivity contribution in [3.63, 3.8) is 0 Å². The number of hydrogen-bond donors (Lipinski definition) is 0. The second-order valence-corrected chi connectivity index (χ2v) is 1.51. The largest absolute Gasteiger partial charge is 1.00 e. The van der Waals surface area contributed by atoms with Gasteiger partial charge in [-0.3, -0.25) is 0 Å². The molecule has 0 spiro atoms. The van der Waals surface area contributed by atoms with Gasteiger partial charge in [-0.2, -0.15) is 0 Å². The predicted octanol–water partition coefficient (Wildman–Crippen LogP) is -1.67. The van der Waals surface area contributed by atoms with Crippen molar-refractivity contribution < 1.29 is 34.0 Å². The first-order valence-electron chi connectivity index (χ1n) is 2.04. The molecule has 0 aromatic carbocycles. The van der Waals surface area contributed by atoms with Gasteiger partial charge in [-0.25, -0.2) is 0 Å². The summed E-state index contributed by atoms with van der Waals surface area (Å²) in [6, 6.07) is 3.70. The maximum atomic E-state index is 4.88. The first-order valence-corrected chi connectivity index (χ1v) is 2.61. The normalized spacial score (nSPS) is 8.12. The zero-order valence-electron chi connectivity index (χ0n) is 4.76. The quantitative estimate of drug-likeness (QED) is 0.338. The van der Waals surface area contributed by atoms with Gasteiger partial charge in [0.25, 0.3) is 0 Å². The summed E-state index contributed by atoms with van der Waals surface area (Å²) in [4.78, 5) is 0. The fraction of sp³-hybridized carbons (Fsp3) is 0.200. The van der Waals surface area contributed by atoms with Crippen molar-refractivity contribution >= 4 is 12.6 Å². The zero-order valence-corrected chi connectivity index (χ0v) is 7.57. The van der Waals surface area contributed by atoms with E-state index in [1.165, 1.54) is 0 Å². The van der Waals surface area contributed by atoms with Gasteiger partial charge in [-0.1, -0.05) is 0 Å². The molecule has 0 amide bonds. The maximum absolute atomic E-state index is 4.88. The molecule has 8 heavy (non-hydrogen) atoms. The average Bonchev–Trinajstić information content (AvgIpc) is 2.14. The van der Waals surface area contributed by atoms with Crippen LogP contribution >= 0.6 is 0 Å². The summed E-state index contributed by atoms with van der Waals surface area (Å²) in [5.41, 5.74) is 0. The van der Waals surface area contributed by atoms with E-state index in [1.807, 2.05) is 12.1 Å². The van der Waals surface area contributed by atoms with Gasteiger partial charge in [0.2, 0.25) is 0 Å². The van der Waals surface area contributed by atoms with E-state index in [0.29, 0.717) is 5.75 Å². The monoisotopic (exact) mass is 136 g/mol. The summed E-state index contributed by atoms with van der Waals surface area (Å²) in [7, 11) is 0. The fourth-order valence-electron chi connectivity index (χ4n) is 0.395. The van der Waals surface area contributed by atoms with Crippen molar-refractivity contribution in [1.82, 2.24) is 0 Å². The molecule has 3 heteroatoms. The van der Waals surface area contributed by atoms with E-state index >= 15 is 0 Å². The van der Waals surface area contributed by atoms with Crippen LogP contribution in [-0.4, -0.2) is 0 Å². The average molecular weight is 136 g/mol. The summed E-state index contributed by atoms with van der Waals surface area (Å²) < 4.78 is 4.88. The molecule has 0 bridgehead atoms. The van der Waals surface area contributed by atoms with Crippen molar-refractivity contribution in [1.29, 1.82) is 0 Å². The van der Waals surface area contributed by atoms with Gasteiger partial charge in [0, 0.05) is 0 Å². The van der Waals surface area contributed by atoms with E-state index < -0.39 is 0 Å². The van der Waals surface area contributed by atoms with E-state index in [2.05, 4.69) is 12.6 Å². The predicted molar refractivity (Wildman–Crippen MR) is 29.8 cm³/mol. The van der Waals surface area contributed by atoms with Gasteiger partial charge in [-0.15, -0.1) is 5.75 Å². The van der Waals surface area contributed by atoms with Crippen molar-refractivity contribution in [3.05, 3.63) is 24.2 Å². The Morgan fingerprint density at radius 3 is 2.62 bits per heavy atom. The number of rotatable bonds is 1. The first-order chi connectivity index (χ1) is 3.43. The van der Waals surface area contributed by atoms with E-state index in [0.717, 1.165) is 5.76 Å². The minimum Gasteiger partial charge on any atom is -0.785 e. The van der Waals surface area contributed by atoms with Crippen LogP contribution in [0.2, 0.25) is 0 Å². The molecule has 1 nitrogen and oxygen atoms in total. The molecule has 0 saturated heterocycles. The van der Waals surface area contributed by atoms with E-state index in [-0.39, 0.29) is 29.6 Å². The standard InChI is InChI=1S/C5H6OS.Na/c7-4-5-2-1-3-6-5;/h1-3,7H,4H2;/q;+1/p-1. The molecular weight excluding hydrogens is 131 g/mol. The molecule has 0 atom stereocenters.